The van der Waals surface area contributed by atoms with E-state index in [1.807, 2.05) is 18.2 Å². The summed E-state index contributed by atoms with van der Waals surface area (Å²) in [5.74, 6) is 0.529. The van der Waals surface area contributed by atoms with Crippen molar-refractivity contribution < 1.29 is 4.79 Å². The highest BCUT2D eigenvalue weighted by Gasteiger charge is 2.08. The number of carbonyl (C=O) groups is 1. The van der Waals surface area contributed by atoms with Crippen LogP contribution in [0, 0.1) is 0 Å². The first kappa shape index (κ1) is 12.3. The zero-order valence-corrected chi connectivity index (χ0v) is 10.3. The molecule has 0 bridgehead atoms. The summed E-state index contributed by atoms with van der Waals surface area (Å²) in [5, 5.41) is 6.80. The molecule has 1 amide bonds. The molecule has 0 spiro atoms. The predicted octanol–water partition coefficient (Wildman–Crippen LogP) is 1.17. The second kappa shape index (κ2) is 5.46. The summed E-state index contributed by atoms with van der Waals surface area (Å²) < 4.78 is 1.61. The lowest BCUT2D eigenvalue weighted by molar-refractivity contribution is 0.102. The highest BCUT2D eigenvalue weighted by Crippen LogP contribution is 2.10. The maximum Gasteiger partial charge on any atom is 0.256 e. The van der Waals surface area contributed by atoms with Crippen LogP contribution in [0.15, 0.2) is 36.5 Å². The van der Waals surface area contributed by atoms with Crippen molar-refractivity contribution >= 4 is 11.7 Å². The van der Waals surface area contributed by atoms with E-state index in [2.05, 4.69) is 10.4 Å². The van der Waals surface area contributed by atoms with Gasteiger partial charge in [-0.05, 0) is 30.7 Å². The molecule has 0 unspecified atom stereocenters. The van der Waals surface area contributed by atoms with Gasteiger partial charge < -0.3 is 11.1 Å². The van der Waals surface area contributed by atoms with Gasteiger partial charge >= 0.3 is 0 Å². The third kappa shape index (κ3) is 2.75. The topological polar surface area (TPSA) is 72.9 Å². The van der Waals surface area contributed by atoms with Crippen LogP contribution in [0.2, 0.25) is 0 Å². The molecule has 0 radical (unpaired) electrons. The monoisotopic (exact) mass is 244 g/mol. The number of aryl methyl sites for hydroxylation is 1. The molecule has 18 heavy (non-hydrogen) atoms. The Kier molecular flexibility index (Phi) is 3.74. The van der Waals surface area contributed by atoms with E-state index in [9.17, 15) is 4.79 Å². The van der Waals surface area contributed by atoms with Gasteiger partial charge in [0.25, 0.3) is 5.91 Å². The van der Waals surface area contributed by atoms with Crippen molar-refractivity contribution in [2.45, 2.75) is 6.42 Å². The van der Waals surface area contributed by atoms with E-state index in [0.29, 0.717) is 17.9 Å². The Labute approximate surface area is 106 Å². The normalized spacial score (nSPS) is 10.3. The largest absolute Gasteiger partial charge is 0.330 e. The van der Waals surface area contributed by atoms with Crippen LogP contribution in [-0.4, -0.2) is 22.2 Å². The van der Waals surface area contributed by atoms with Crippen LogP contribution in [0.25, 0.3) is 0 Å². The van der Waals surface area contributed by atoms with Gasteiger partial charge in [0.1, 0.15) is 5.82 Å². The lowest BCUT2D eigenvalue weighted by Gasteiger charge is -2.06. The van der Waals surface area contributed by atoms with Gasteiger partial charge in [-0.15, -0.1) is 0 Å². The third-order valence-electron chi connectivity index (χ3n) is 2.68. The molecular formula is C13H16N4O. The van der Waals surface area contributed by atoms with Crippen LogP contribution in [0.5, 0.6) is 0 Å². The van der Waals surface area contributed by atoms with Crippen LogP contribution in [0.1, 0.15) is 15.9 Å². The van der Waals surface area contributed by atoms with Crippen LogP contribution < -0.4 is 11.1 Å². The molecule has 3 N–H and O–H groups in total. The quantitative estimate of drug-likeness (QED) is 0.848. The maximum absolute atomic E-state index is 12.0. The van der Waals surface area contributed by atoms with Crippen LogP contribution in [0.3, 0.4) is 0 Å². The highest BCUT2D eigenvalue weighted by molar-refractivity contribution is 6.03. The number of hydrogen-bond donors (Lipinski definition) is 2. The van der Waals surface area contributed by atoms with E-state index in [1.165, 1.54) is 0 Å². The van der Waals surface area contributed by atoms with E-state index in [4.69, 9.17) is 5.73 Å². The van der Waals surface area contributed by atoms with Gasteiger partial charge in [0.2, 0.25) is 0 Å². The Hall–Kier alpha value is -2.14. The molecule has 0 saturated heterocycles. The minimum Gasteiger partial charge on any atom is -0.330 e. The first-order valence-corrected chi connectivity index (χ1v) is 5.79. The number of amides is 1. The summed E-state index contributed by atoms with van der Waals surface area (Å²) in [6.07, 6.45) is 2.41. The minimum absolute atomic E-state index is 0.141. The molecule has 0 aliphatic heterocycles. The van der Waals surface area contributed by atoms with E-state index < -0.39 is 0 Å². The van der Waals surface area contributed by atoms with Crippen molar-refractivity contribution in [1.82, 2.24) is 9.78 Å². The second-order valence-corrected chi connectivity index (χ2v) is 4.03. The first-order chi connectivity index (χ1) is 8.70. The number of nitrogens with zero attached hydrogens (tertiary/aromatic N) is 2. The number of nitrogens with one attached hydrogen (secondary N) is 1. The van der Waals surface area contributed by atoms with Crippen molar-refractivity contribution in [3.05, 3.63) is 47.7 Å². The molecule has 5 nitrogen and oxygen atoms in total. The lowest BCUT2D eigenvalue weighted by Crippen LogP contribution is -2.15. The molecule has 0 aliphatic carbocycles. The SMILES string of the molecule is Cn1nccc1NC(=O)c1cccc(CCN)c1. The fourth-order valence-electron chi connectivity index (χ4n) is 1.72. The number of aromatic nitrogens is 2. The van der Waals surface area contributed by atoms with Crippen molar-refractivity contribution in [2.75, 3.05) is 11.9 Å². The molecule has 2 aromatic rings. The second-order valence-electron chi connectivity index (χ2n) is 4.03. The van der Waals surface area contributed by atoms with Crippen molar-refractivity contribution in [1.29, 1.82) is 0 Å². The number of nitrogens with two attached hydrogens (primary N) is 1. The Morgan fingerprint density at radius 3 is 2.94 bits per heavy atom. The Morgan fingerprint density at radius 1 is 1.44 bits per heavy atom. The molecule has 5 heteroatoms. The summed E-state index contributed by atoms with van der Waals surface area (Å²) in [4.78, 5) is 12.0. The summed E-state index contributed by atoms with van der Waals surface area (Å²) in [6.45, 7) is 0.576. The lowest BCUT2D eigenvalue weighted by atomic mass is 10.1. The van der Waals surface area contributed by atoms with E-state index in [1.54, 1.807) is 30.1 Å². The van der Waals surface area contributed by atoms with Crippen LogP contribution >= 0.6 is 0 Å². The van der Waals surface area contributed by atoms with E-state index >= 15 is 0 Å². The number of carbonyl (C=O) groups excluding carboxylic acids is 1. The van der Waals surface area contributed by atoms with Gasteiger partial charge in [0.05, 0.1) is 6.20 Å². The van der Waals surface area contributed by atoms with Crippen LogP contribution in [-0.2, 0) is 13.5 Å². The number of benzene rings is 1. The smallest absolute Gasteiger partial charge is 0.256 e. The Morgan fingerprint density at radius 2 is 2.28 bits per heavy atom. The van der Waals surface area contributed by atoms with E-state index in [-0.39, 0.29) is 5.91 Å². The fourth-order valence-corrected chi connectivity index (χ4v) is 1.72. The maximum atomic E-state index is 12.0. The molecule has 0 saturated carbocycles. The molecule has 0 aliphatic rings. The molecule has 1 aromatic carbocycles. The first-order valence-electron chi connectivity index (χ1n) is 5.79. The fraction of sp³-hybridized carbons (Fsp3) is 0.231. The minimum atomic E-state index is -0.141. The molecule has 94 valence electrons. The van der Waals surface area contributed by atoms with Gasteiger partial charge in [-0.25, -0.2) is 0 Å². The van der Waals surface area contributed by atoms with Crippen LogP contribution in [0.4, 0.5) is 5.82 Å². The highest BCUT2D eigenvalue weighted by atomic mass is 16.1. The Balaban J connectivity index is 2.14. The van der Waals surface area contributed by atoms with Gasteiger partial charge in [0.15, 0.2) is 0 Å². The Bertz CT molecular complexity index is 547. The number of rotatable bonds is 4. The summed E-state index contributed by atoms with van der Waals surface area (Å²) in [7, 11) is 1.78. The predicted molar refractivity (Wildman–Crippen MR) is 70.4 cm³/mol. The molecule has 0 fully saturated rings. The van der Waals surface area contributed by atoms with Crippen molar-refractivity contribution in [2.24, 2.45) is 12.8 Å². The molecule has 2 rings (SSSR count). The summed E-state index contributed by atoms with van der Waals surface area (Å²) >= 11 is 0. The molecule has 1 aromatic heterocycles. The van der Waals surface area contributed by atoms with Crippen molar-refractivity contribution in [3.8, 4) is 0 Å². The van der Waals surface area contributed by atoms with E-state index in [0.717, 1.165) is 12.0 Å². The van der Waals surface area contributed by atoms with Gasteiger partial charge in [0, 0.05) is 18.7 Å². The third-order valence-corrected chi connectivity index (χ3v) is 2.68. The van der Waals surface area contributed by atoms with Gasteiger partial charge in [-0.2, -0.15) is 5.10 Å². The molecule has 0 atom stereocenters. The molecule has 1 heterocycles. The number of anilines is 1. The zero-order valence-electron chi connectivity index (χ0n) is 10.3. The van der Waals surface area contributed by atoms with Crippen molar-refractivity contribution in [3.63, 3.8) is 0 Å². The summed E-state index contributed by atoms with van der Waals surface area (Å²) in [5.41, 5.74) is 7.20. The van der Waals surface area contributed by atoms with Gasteiger partial charge in [-0.3, -0.25) is 9.48 Å². The standard InChI is InChI=1S/C13H16N4O/c1-17-12(6-8-15-17)16-13(18)11-4-2-3-10(9-11)5-7-14/h2-4,6,8-9H,5,7,14H2,1H3,(H,16,18). The van der Waals surface area contributed by atoms with Gasteiger partial charge in [-0.1, -0.05) is 12.1 Å². The number of hydrogen-bond acceptors (Lipinski definition) is 3. The average molecular weight is 244 g/mol. The average Bonchev–Trinajstić information content (AvgIpc) is 2.76. The zero-order chi connectivity index (χ0) is 13.0. The molecular weight excluding hydrogens is 228 g/mol. The summed E-state index contributed by atoms with van der Waals surface area (Å²) in [6, 6.07) is 9.22.